The van der Waals surface area contributed by atoms with Gasteiger partial charge < -0.3 is 14.6 Å². The number of hydrogen-bond acceptors (Lipinski definition) is 3. The zero-order chi connectivity index (χ0) is 16.9. The third-order valence-corrected chi connectivity index (χ3v) is 5.04. The van der Waals surface area contributed by atoms with Crippen molar-refractivity contribution in [3.05, 3.63) is 36.1 Å². The molecule has 5 heteroatoms. The number of para-hydroxylation sites is 1. The second-order valence-electron chi connectivity index (χ2n) is 6.85. The number of halogens is 1. The number of nitrogens with one attached hydrogen (secondary N) is 1. The van der Waals surface area contributed by atoms with Gasteiger partial charge in [0.25, 0.3) is 0 Å². The van der Waals surface area contributed by atoms with E-state index in [1.54, 1.807) is 0 Å². The lowest BCUT2D eigenvalue weighted by molar-refractivity contribution is -0.134. The summed E-state index contributed by atoms with van der Waals surface area (Å²) in [5, 5.41) is 4.47. The summed E-state index contributed by atoms with van der Waals surface area (Å²) in [5.74, 6) is 1.77. The monoisotopic (exact) mass is 364 g/mol. The van der Waals surface area contributed by atoms with Crippen LogP contribution in [-0.4, -0.2) is 30.4 Å². The van der Waals surface area contributed by atoms with Crippen molar-refractivity contribution in [2.45, 2.75) is 45.6 Å². The molecule has 0 spiro atoms. The molecule has 1 aliphatic rings. The molecule has 2 atom stereocenters. The van der Waals surface area contributed by atoms with Crippen LogP contribution in [0.3, 0.4) is 0 Å². The van der Waals surface area contributed by atoms with Gasteiger partial charge in [0.1, 0.15) is 11.3 Å². The first kappa shape index (κ1) is 19.8. The van der Waals surface area contributed by atoms with E-state index in [-0.39, 0.29) is 24.4 Å². The van der Waals surface area contributed by atoms with Gasteiger partial charge in [0.15, 0.2) is 0 Å². The summed E-state index contributed by atoms with van der Waals surface area (Å²) in [6.07, 6.45) is 3.78. The Morgan fingerprint density at radius 1 is 1.40 bits per heavy atom. The fraction of sp³-hybridized carbons (Fsp3) is 0.550. The van der Waals surface area contributed by atoms with Crippen molar-refractivity contribution < 1.29 is 9.21 Å². The van der Waals surface area contributed by atoms with E-state index < -0.39 is 0 Å². The van der Waals surface area contributed by atoms with Gasteiger partial charge in [-0.25, -0.2) is 0 Å². The lowest BCUT2D eigenvalue weighted by atomic mass is 10.0. The minimum Gasteiger partial charge on any atom is -0.459 e. The normalized spacial score (nSPS) is 18.1. The summed E-state index contributed by atoms with van der Waals surface area (Å²) < 4.78 is 5.98. The average molecular weight is 365 g/mol. The van der Waals surface area contributed by atoms with Gasteiger partial charge in [0.2, 0.25) is 5.91 Å². The number of fused-ring (bicyclic) bond motifs is 1. The highest BCUT2D eigenvalue weighted by Crippen LogP contribution is 2.28. The molecule has 1 saturated heterocycles. The SMILES string of the molecule is CCCN(C(=O)CCC1CCNC1)C(C)c1cc2ccccc2o1.Cl. The molecule has 1 N–H and O–H groups in total. The lowest BCUT2D eigenvalue weighted by Gasteiger charge is -2.28. The smallest absolute Gasteiger partial charge is 0.223 e. The van der Waals surface area contributed by atoms with Crippen LogP contribution in [0.5, 0.6) is 0 Å². The highest BCUT2D eigenvalue weighted by atomic mass is 35.5. The average Bonchev–Trinajstić information content (AvgIpc) is 3.25. The number of rotatable bonds is 7. The largest absolute Gasteiger partial charge is 0.459 e. The number of hydrogen-bond donors (Lipinski definition) is 1. The predicted molar refractivity (Wildman–Crippen MR) is 104 cm³/mol. The van der Waals surface area contributed by atoms with Crippen molar-refractivity contribution in [3.8, 4) is 0 Å². The van der Waals surface area contributed by atoms with Crippen molar-refractivity contribution in [1.82, 2.24) is 10.2 Å². The molecule has 3 rings (SSSR count). The zero-order valence-electron chi connectivity index (χ0n) is 15.2. The standard InChI is InChI=1S/C20H28N2O2.ClH/c1-3-12-22(20(23)9-8-16-10-11-21-14-16)15(2)19-13-17-6-4-5-7-18(17)24-19;/h4-7,13,15-16,21H,3,8-12,14H2,1-2H3;1H. The quantitative estimate of drug-likeness (QED) is 0.784. The molecule has 4 nitrogen and oxygen atoms in total. The van der Waals surface area contributed by atoms with Crippen LogP contribution in [0.4, 0.5) is 0 Å². The number of furan rings is 1. The van der Waals surface area contributed by atoms with Crippen molar-refractivity contribution in [2.24, 2.45) is 5.92 Å². The van der Waals surface area contributed by atoms with E-state index in [0.29, 0.717) is 12.3 Å². The zero-order valence-corrected chi connectivity index (χ0v) is 16.0. The minimum absolute atomic E-state index is 0. The van der Waals surface area contributed by atoms with Gasteiger partial charge in [-0.3, -0.25) is 4.79 Å². The fourth-order valence-electron chi connectivity index (χ4n) is 3.57. The van der Waals surface area contributed by atoms with E-state index in [4.69, 9.17) is 4.42 Å². The molecule has 2 heterocycles. The van der Waals surface area contributed by atoms with Gasteiger partial charge in [0, 0.05) is 18.4 Å². The molecule has 2 unspecified atom stereocenters. The van der Waals surface area contributed by atoms with Crippen molar-refractivity contribution >= 4 is 29.3 Å². The van der Waals surface area contributed by atoms with Crippen molar-refractivity contribution in [3.63, 3.8) is 0 Å². The molecule has 25 heavy (non-hydrogen) atoms. The number of carbonyl (C=O) groups is 1. The lowest BCUT2D eigenvalue weighted by Crippen LogP contribution is -2.34. The maximum atomic E-state index is 12.8. The highest BCUT2D eigenvalue weighted by Gasteiger charge is 2.24. The molecule has 1 aliphatic heterocycles. The molecular weight excluding hydrogens is 336 g/mol. The van der Waals surface area contributed by atoms with Crippen LogP contribution in [-0.2, 0) is 4.79 Å². The van der Waals surface area contributed by atoms with Crippen LogP contribution in [0.2, 0.25) is 0 Å². The molecule has 1 fully saturated rings. The number of benzene rings is 1. The predicted octanol–water partition coefficient (Wildman–Crippen LogP) is 4.54. The van der Waals surface area contributed by atoms with E-state index >= 15 is 0 Å². The Labute approximate surface area is 156 Å². The van der Waals surface area contributed by atoms with E-state index in [1.165, 1.54) is 6.42 Å². The summed E-state index contributed by atoms with van der Waals surface area (Å²) >= 11 is 0. The van der Waals surface area contributed by atoms with Crippen LogP contribution >= 0.6 is 12.4 Å². The van der Waals surface area contributed by atoms with Crippen LogP contribution in [0.15, 0.2) is 34.7 Å². The molecule has 1 aromatic carbocycles. The molecule has 0 radical (unpaired) electrons. The molecule has 1 aromatic heterocycles. The first-order valence-corrected chi connectivity index (χ1v) is 9.17. The minimum atomic E-state index is -0.0217. The fourth-order valence-corrected chi connectivity index (χ4v) is 3.57. The summed E-state index contributed by atoms with van der Waals surface area (Å²) in [6.45, 7) is 7.11. The molecule has 1 amide bonds. The van der Waals surface area contributed by atoms with Crippen LogP contribution in [0.25, 0.3) is 11.0 Å². The first-order chi connectivity index (χ1) is 11.7. The van der Waals surface area contributed by atoms with E-state index in [2.05, 4.69) is 25.2 Å². The van der Waals surface area contributed by atoms with Gasteiger partial charge in [0.05, 0.1) is 6.04 Å². The van der Waals surface area contributed by atoms with Crippen molar-refractivity contribution in [1.29, 1.82) is 0 Å². The summed E-state index contributed by atoms with van der Waals surface area (Å²) in [4.78, 5) is 14.8. The first-order valence-electron chi connectivity index (χ1n) is 9.17. The maximum absolute atomic E-state index is 12.8. The molecule has 2 aromatic rings. The Hall–Kier alpha value is -1.52. The van der Waals surface area contributed by atoms with Gasteiger partial charge in [-0.05, 0) is 57.3 Å². The summed E-state index contributed by atoms with van der Waals surface area (Å²) in [7, 11) is 0. The second kappa shape index (κ2) is 9.25. The molecule has 0 bridgehead atoms. The second-order valence-corrected chi connectivity index (χ2v) is 6.85. The molecule has 0 saturated carbocycles. The van der Waals surface area contributed by atoms with E-state index in [0.717, 1.165) is 49.2 Å². The van der Waals surface area contributed by atoms with Crippen LogP contribution in [0.1, 0.15) is 51.3 Å². The topological polar surface area (TPSA) is 45.5 Å². The number of nitrogens with zero attached hydrogens (tertiary/aromatic N) is 1. The van der Waals surface area contributed by atoms with Gasteiger partial charge in [-0.15, -0.1) is 12.4 Å². The van der Waals surface area contributed by atoms with Crippen LogP contribution in [0, 0.1) is 5.92 Å². The van der Waals surface area contributed by atoms with Crippen molar-refractivity contribution in [2.75, 3.05) is 19.6 Å². The van der Waals surface area contributed by atoms with Gasteiger partial charge in [-0.2, -0.15) is 0 Å². The Morgan fingerprint density at radius 2 is 2.20 bits per heavy atom. The molecular formula is C20H29ClN2O2. The van der Waals surface area contributed by atoms with E-state index in [9.17, 15) is 4.79 Å². The maximum Gasteiger partial charge on any atom is 0.223 e. The Balaban J connectivity index is 0.00000225. The number of amides is 1. The van der Waals surface area contributed by atoms with Gasteiger partial charge >= 0.3 is 0 Å². The Bertz CT molecular complexity index is 646. The Morgan fingerprint density at radius 3 is 2.88 bits per heavy atom. The third kappa shape index (κ3) is 4.77. The van der Waals surface area contributed by atoms with Gasteiger partial charge in [-0.1, -0.05) is 25.1 Å². The summed E-state index contributed by atoms with van der Waals surface area (Å²) in [5.41, 5.74) is 0.889. The van der Waals surface area contributed by atoms with E-state index in [1.807, 2.05) is 29.2 Å². The van der Waals surface area contributed by atoms with Crippen LogP contribution < -0.4 is 5.32 Å². The third-order valence-electron chi connectivity index (χ3n) is 5.04. The summed E-state index contributed by atoms with van der Waals surface area (Å²) in [6, 6.07) is 10.1. The molecule has 0 aliphatic carbocycles. The number of carbonyl (C=O) groups excluding carboxylic acids is 1. The highest BCUT2D eigenvalue weighted by molar-refractivity contribution is 5.85. The Kier molecular flexibility index (Phi) is 7.33. The molecule has 138 valence electrons.